The first-order chi connectivity index (χ1) is 12.5. The zero-order valence-corrected chi connectivity index (χ0v) is 15.7. The Morgan fingerprint density at radius 3 is 2.54 bits per heavy atom. The fourth-order valence-corrected chi connectivity index (χ4v) is 5.13. The summed E-state index contributed by atoms with van der Waals surface area (Å²) < 4.78 is 5.09. The highest BCUT2D eigenvalue weighted by Gasteiger charge is 2.51. The maximum Gasteiger partial charge on any atom is 0.341 e. The molecule has 4 atom stereocenters. The molecule has 1 aromatic rings. The minimum atomic E-state index is -0.939. The van der Waals surface area contributed by atoms with Crippen LogP contribution < -0.4 is 5.32 Å². The Bertz CT molecular complexity index is 753. The van der Waals surface area contributed by atoms with E-state index in [-0.39, 0.29) is 24.3 Å². The van der Waals surface area contributed by atoms with Gasteiger partial charge in [0.1, 0.15) is 5.00 Å². The molecule has 0 aromatic carbocycles. The SMILES string of the molecule is CCCc1cc(C(=O)OCC)c(NC(=O)[C@@H]2[C@@H](C(=O)O)[C@H]3C=C[C@H]2C3)s1. The minimum Gasteiger partial charge on any atom is -0.481 e. The Morgan fingerprint density at radius 1 is 1.23 bits per heavy atom. The predicted molar refractivity (Wildman–Crippen MR) is 98.3 cm³/mol. The smallest absolute Gasteiger partial charge is 0.341 e. The van der Waals surface area contributed by atoms with Crippen molar-refractivity contribution in [2.45, 2.75) is 33.1 Å². The number of carboxylic acids is 1. The van der Waals surface area contributed by atoms with Crippen molar-refractivity contribution < 1.29 is 24.2 Å². The number of ether oxygens (including phenoxy) is 1. The Labute approximate surface area is 156 Å². The number of anilines is 1. The lowest BCUT2D eigenvalue weighted by Crippen LogP contribution is -2.36. The van der Waals surface area contributed by atoms with Crippen molar-refractivity contribution in [2.75, 3.05) is 11.9 Å². The largest absolute Gasteiger partial charge is 0.481 e. The van der Waals surface area contributed by atoms with Gasteiger partial charge in [0.15, 0.2) is 0 Å². The van der Waals surface area contributed by atoms with Gasteiger partial charge in [-0.1, -0.05) is 25.5 Å². The summed E-state index contributed by atoms with van der Waals surface area (Å²) in [6.45, 7) is 4.03. The number of carbonyl (C=O) groups is 3. The van der Waals surface area contributed by atoms with E-state index < -0.39 is 23.8 Å². The molecule has 1 heterocycles. The van der Waals surface area contributed by atoms with Crippen LogP contribution in [-0.4, -0.2) is 29.6 Å². The first-order valence-corrected chi connectivity index (χ1v) is 9.79. The van der Waals surface area contributed by atoms with E-state index in [1.165, 1.54) is 11.3 Å². The molecule has 7 heteroatoms. The van der Waals surface area contributed by atoms with Crippen molar-refractivity contribution in [3.8, 4) is 0 Å². The maximum atomic E-state index is 12.9. The summed E-state index contributed by atoms with van der Waals surface area (Å²) in [5.41, 5.74) is 0.347. The average Bonchev–Trinajstić information content (AvgIpc) is 3.29. The third kappa shape index (κ3) is 3.40. The van der Waals surface area contributed by atoms with Gasteiger partial charge in [-0.3, -0.25) is 9.59 Å². The molecule has 1 amide bonds. The van der Waals surface area contributed by atoms with Crippen LogP contribution in [0.4, 0.5) is 5.00 Å². The van der Waals surface area contributed by atoms with E-state index in [0.29, 0.717) is 17.0 Å². The number of rotatable bonds is 7. The Balaban J connectivity index is 1.83. The second-order valence-electron chi connectivity index (χ2n) is 6.75. The molecule has 1 aromatic heterocycles. The summed E-state index contributed by atoms with van der Waals surface area (Å²) >= 11 is 1.36. The third-order valence-corrected chi connectivity index (χ3v) is 6.17. The van der Waals surface area contributed by atoms with Crippen LogP contribution in [0.5, 0.6) is 0 Å². The van der Waals surface area contributed by atoms with E-state index in [2.05, 4.69) is 5.32 Å². The number of carboxylic acid groups (broad SMARTS) is 1. The van der Waals surface area contributed by atoms with Crippen LogP contribution in [-0.2, 0) is 20.7 Å². The van der Waals surface area contributed by atoms with Crippen molar-refractivity contribution in [3.63, 3.8) is 0 Å². The molecule has 2 N–H and O–H groups in total. The zero-order chi connectivity index (χ0) is 18.8. The molecule has 1 fully saturated rings. The van der Waals surface area contributed by atoms with Crippen molar-refractivity contribution in [1.82, 2.24) is 0 Å². The molecule has 2 aliphatic carbocycles. The molecule has 0 saturated heterocycles. The first kappa shape index (κ1) is 18.6. The molecule has 140 valence electrons. The van der Waals surface area contributed by atoms with E-state index in [9.17, 15) is 19.5 Å². The van der Waals surface area contributed by atoms with E-state index >= 15 is 0 Å². The molecule has 6 nitrogen and oxygen atoms in total. The molecule has 3 rings (SSSR count). The lowest BCUT2D eigenvalue weighted by Gasteiger charge is -2.23. The van der Waals surface area contributed by atoms with Crippen LogP contribution in [0, 0.1) is 23.7 Å². The van der Waals surface area contributed by atoms with Gasteiger partial charge in [-0.2, -0.15) is 0 Å². The van der Waals surface area contributed by atoms with Crippen LogP contribution >= 0.6 is 11.3 Å². The van der Waals surface area contributed by atoms with Crippen LogP contribution in [0.25, 0.3) is 0 Å². The number of fused-ring (bicyclic) bond motifs is 2. The highest BCUT2D eigenvalue weighted by molar-refractivity contribution is 7.16. The van der Waals surface area contributed by atoms with Crippen molar-refractivity contribution >= 4 is 34.2 Å². The second-order valence-corrected chi connectivity index (χ2v) is 7.89. The molecule has 1 saturated carbocycles. The number of thiophene rings is 1. The molecular weight excluding hydrogens is 354 g/mol. The molecule has 2 bridgehead atoms. The van der Waals surface area contributed by atoms with E-state index in [1.807, 2.05) is 19.1 Å². The quantitative estimate of drug-likeness (QED) is 0.562. The van der Waals surface area contributed by atoms with Crippen molar-refractivity contribution in [3.05, 3.63) is 28.7 Å². The molecule has 2 aliphatic rings. The van der Waals surface area contributed by atoms with E-state index in [4.69, 9.17) is 4.74 Å². The number of esters is 1. The summed E-state index contributed by atoms with van der Waals surface area (Å²) in [5.74, 6) is -3.18. The molecule has 0 radical (unpaired) electrons. The number of aryl methyl sites for hydroxylation is 1. The van der Waals surface area contributed by atoms with Crippen LogP contribution in [0.3, 0.4) is 0 Å². The van der Waals surface area contributed by atoms with Gasteiger partial charge >= 0.3 is 11.9 Å². The normalized spacial score (nSPS) is 26.1. The third-order valence-electron chi connectivity index (χ3n) is 5.06. The highest BCUT2D eigenvalue weighted by Crippen LogP contribution is 2.48. The van der Waals surface area contributed by atoms with Crippen LogP contribution in [0.2, 0.25) is 0 Å². The maximum absolute atomic E-state index is 12.9. The molecule has 0 unspecified atom stereocenters. The van der Waals surface area contributed by atoms with Gasteiger partial charge in [-0.25, -0.2) is 4.79 Å². The number of hydrogen-bond acceptors (Lipinski definition) is 5. The molecule has 0 spiro atoms. The van der Waals surface area contributed by atoms with Crippen molar-refractivity contribution in [1.29, 1.82) is 0 Å². The Kier molecular flexibility index (Phi) is 5.46. The lowest BCUT2D eigenvalue weighted by atomic mass is 9.82. The number of carbonyl (C=O) groups excluding carboxylic acids is 2. The molecular formula is C19H23NO5S. The van der Waals surface area contributed by atoms with Gasteiger partial charge in [0.05, 0.1) is 24.0 Å². The molecule has 26 heavy (non-hydrogen) atoms. The Morgan fingerprint density at radius 2 is 1.92 bits per heavy atom. The first-order valence-electron chi connectivity index (χ1n) is 8.98. The number of nitrogens with one attached hydrogen (secondary N) is 1. The van der Waals surface area contributed by atoms with Gasteiger partial charge in [0.25, 0.3) is 0 Å². The number of allylic oxidation sites excluding steroid dienone is 2. The number of hydrogen-bond donors (Lipinski definition) is 2. The van der Waals surface area contributed by atoms with Crippen LogP contribution in [0.15, 0.2) is 18.2 Å². The highest BCUT2D eigenvalue weighted by atomic mass is 32.1. The summed E-state index contributed by atoms with van der Waals surface area (Å²) in [4.78, 5) is 37.7. The number of aliphatic carboxylic acids is 1. The van der Waals surface area contributed by atoms with Gasteiger partial charge in [-0.15, -0.1) is 11.3 Å². The van der Waals surface area contributed by atoms with E-state index in [1.54, 1.807) is 13.0 Å². The fraction of sp³-hybridized carbons (Fsp3) is 0.526. The van der Waals surface area contributed by atoms with Gasteiger partial charge < -0.3 is 15.2 Å². The standard InChI is InChI=1S/C19H23NO5S/c1-3-5-12-9-13(19(24)25-4-2)17(26-12)20-16(21)14-10-6-7-11(8-10)15(14)18(22)23/h6-7,9-11,14-15H,3-5,8H2,1-2H3,(H,20,21)(H,22,23)/t10-,11-,14-,15-/m0/s1. The summed E-state index contributed by atoms with van der Waals surface area (Å²) in [6, 6.07) is 1.76. The monoisotopic (exact) mass is 377 g/mol. The topological polar surface area (TPSA) is 92.7 Å². The minimum absolute atomic E-state index is 0.0535. The van der Waals surface area contributed by atoms with Gasteiger partial charge in [0, 0.05) is 4.88 Å². The summed E-state index contributed by atoms with van der Waals surface area (Å²) in [5, 5.41) is 12.8. The fourth-order valence-electron chi connectivity index (χ4n) is 3.98. The van der Waals surface area contributed by atoms with Crippen LogP contribution in [0.1, 0.15) is 41.9 Å². The average molecular weight is 377 g/mol. The Hall–Kier alpha value is -2.15. The molecule has 0 aliphatic heterocycles. The predicted octanol–water partition coefficient (Wildman–Crippen LogP) is 3.34. The zero-order valence-electron chi connectivity index (χ0n) is 14.9. The van der Waals surface area contributed by atoms with E-state index in [0.717, 1.165) is 17.7 Å². The van der Waals surface area contributed by atoms with Gasteiger partial charge in [0.2, 0.25) is 5.91 Å². The second kappa shape index (κ2) is 7.61. The summed E-state index contributed by atoms with van der Waals surface area (Å²) in [6.07, 6.45) is 6.28. The number of amides is 1. The van der Waals surface area contributed by atoms with Gasteiger partial charge in [-0.05, 0) is 37.7 Å². The lowest BCUT2D eigenvalue weighted by molar-refractivity contribution is -0.146. The van der Waals surface area contributed by atoms with Crippen molar-refractivity contribution in [2.24, 2.45) is 23.7 Å². The summed E-state index contributed by atoms with van der Waals surface area (Å²) in [7, 11) is 0.